The Hall–Kier alpha value is -3.14. The lowest BCUT2D eigenvalue weighted by Gasteiger charge is -2.11. The van der Waals surface area contributed by atoms with Gasteiger partial charge in [-0.05, 0) is 30.0 Å². The highest BCUT2D eigenvalue weighted by atomic mass is 16.5. The average molecular weight is 348 g/mol. The average Bonchev–Trinajstić information content (AvgIpc) is 2.68. The van der Waals surface area contributed by atoms with Crippen molar-refractivity contribution < 1.29 is 19.1 Å². The lowest BCUT2D eigenvalue weighted by Crippen LogP contribution is -2.16. The highest BCUT2D eigenvalue weighted by Crippen LogP contribution is 2.26. The Morgan fingerprint density at radius 1 is 0.808 bits per heavy atom. The number of hydrogen-bond donors (Lipinski definition) is 0. The summed E-state index contributed by atoms with van der Waals surface area (Å²) in [5, 5.41) is 1.82. The van der Waals surface area contributed by atoms with Gasteiger partial charge in [-0.2, -0.15) is 0 Å². The summed E-state index contributed by atoms with van der Waals surface area (Å²) < 4.78 is 10.8. The van der Waals surface area contributed by atoms with E-state index in [1.54, 1.807) is 30.3 Å². The molecule has 0 aromatic heterocycles. The van der Waals surface area contributed by atoms with Gasteiger partial charge in [-0.15, -0.1) is 0 Å². The number of carbonyl (C=O) groups excluding carboxylic acids is 2. The third-order valence-electron chi connectivity index (χ3n) is 4.05. The summed E-state index contributed by atoms with van der Waals surface area (Å²) in [5.41, 5.74) is 0.413. The molecule has 4 heteroatoms. The summed E-state index contributed by atoms with van der Waals surface area (Å²) in [6.07, 6.45) is 1.71. The van der Waals surface area contributed by atoms with E-state index < -0.39 is 11.9 Å². The molecule has 0 amide bonds. The number of esters is 2. The highest BCUT2D eigenvalue weighted by molar-refractivity contribution is 6.04. The normalized spacial score (nSPS) is 10.5. The van der Waals surface area contributed by atoms with Crippen LogP contribution in [0.5, 0.6) is 5.75 Å². The quantitative estimate of drug-likeness (QED) is 0.357. The molecular formula is C22H20O4. The maximum Gasteiger partial charge on any atom is 0.344 e. The van der Waals surface area contributed by atoms with E-state index in [9.17, 15) is 9.59 Å². The number of rotatable bonds is 6. The maximum absolute atomic E-state index is 12.7. The minimum atomic E-state index is -0.579. The van der Waals surface area contributed by atoms with E-state index in [0.717, 1.165) is 23.6 Å². The monoisotopic (exact) mass is 348 g/mol. The molecule has 0 heterocycles. The Balaban J connectivity index is 1.85. The molecule has 0 aliphatic carbocycles. The number of unbranched alkanes of at least 4 members (excludes halogenated alkanes) is 1. The third kappa shape index (κ3) is 3.91. The first kappa shape index (κ1) is 17.7. The molecule has 0 atom stereocenters. The fraction of sp³-hybridized carbons (Fsp3) is 0.182. The van der Waals surface area contributed by atoms with Crippen LogP contribution in [0.4, 0.5) is 0 Å². The second-order valence-corrected chi connectivity index (χ2v) is 5.90. The van der Waals surface area contributed by atoms with Crippen molar-refractivity contribution in [3.63, 3.8) is 0 Å². The van der Waals surface area contributed by atoms with Crippen LogP contribution in [0, 0.1) is 0 Å². The predicted molar refractivity (Wildman–Crippen MR) is 101 cm³/mol. The Morgan fingerprint density at radius 2 is 1.46 bits per heavy atom. The Morgan fingerprint density at radius 3 is 2.23 bits per heavy atom. The van der Waals surface area contributed by atoms with Crippen LogP contribution in [0.25, 0.3) is 10.8 Å². The van der Waals surface area contributed by atoms with Gasteiger partial charge >= 0.3 is 11.9 Å². The van der Waals surface area contributed by atoms with Crippen molar-refractivity contribution in [1.82, 2.24) is 0 Å². The summed E-state index contributed by atoms with van der Waals surface area (Å²) in [4.78, 5) is 25.0. The zero-order chi connectivity index (χ0) is 18.4. The van der Waals surface area contributed by atoms with Gasteiger partial charge in [0.25, 0.3) is 0 Å². The summed E-state index contributed by atoms with van der Waals surface area (Å²) in [6.45, 7) is 2.35. The zero-order valence-corrected chi connectivity index (χ0v) is 14.6. The van der Waals surface area contributed by atoms with Gasteiger partial charge in [0.2, 0.25) is 0 Å². The van der Waals surface area contributed by atoms with Gasteiger partial charge in [0.1, 0.15) is 5.75 Å². The van der Waals surface area contributed by atoms with Gasteiger partial charge in [-0.25, -0.2) is 9.59 Å². The maximum atomic E-state index is 12.7. The van der Waals surface area contributed by atoms with Crippen LogP contribution in [0.1, 0.15) is 40.5 Å². The molecule has 0 radical (unpaired) electrons. The van der Waals surface area contributed by atoms with Gasteiger partial charge in [0.05, 0.1) is 17.7 Å². The molecule has 132 valence electrons. The standard InChI is InChI=1S/C22H20O4/c1-2-3-15-25-21(23)18-12-6-7-13-19(18)22(24)26-20-14-8-10-16-9-4-5-11-17(16)20/h4-14H,2-3,15H2,1H3. The van der Waals surface area contributed by atoms with Crippen LogP contribution in [0.3, 0.4) is 0 Å². The van der Waals surface area contributed by atoms with Crippen LogP contribution in [0.2, 0.25) is 0 Å². The largest absolute Gasteiger partial charge is 0.462 e. The van der Waals surface area contributed by atoms with Crippen LogP contribution >= 0.6 is 0 Å². The number of benzene rings is 3. The molecule has 0 bridgehead atoms. The molecule has 4 nitrogen and oxygen atoms in total. The molecule has 0 spiro atoms. The highest BCUT2D eigenvalue weighted by Gasteiger charge is 2.20. The van der Waals surface area contributed by atoms with E-state index in [-0.39, 0.29) is 11.1 Å². The van der Waals surface area contributed by atoms with Crippen molar-refractivity contribution in [2.75, 3.05) is 6.61 Å². The summed E-state index contributed by atoms with van der Waals surface area (Å²) in [7, 11) is 0. The first-order valence-electron chi connectivity index (χ1n) is 8.67. The molecule has 0 saturated carbocycles. The van der Waals surface area contributed by atoms with Crippen molar-refractivity contribution in [1.29, 1.82) is 0 Å². The van der Waals surface area contributed by atoms with E-state index in [4.69, 9.17) is 9.47 Å². The SMILES string of the molecule is CCCCOC(=O)c1ccccc1C(=O)Oc1cccc2ccccc12. The molecule has 3 aromatic carbocycles. The summed E-state index contributed by atoms with van der Waals surface area (Å²) in [5.74, 6) is -0.629. The van der Waals surface area contributed by atoms with E-state index in [2.05, 4.69) is 0 Å². The first-order chi connectivity index (χ1) is 12.7. The van der Waals surface area contributed by atoms with Crippen molar-refractivity contribution in [3.8, 4) is 5.75 Å². The molecular weight excluding hydrogens is 328 g/mol. The van der Waals surface area contributed by atoms with Gasteiger partial charge < -0.3 is 9.47 Å². The molecule has 0 aliphatic rings. The molecule has 0 saturated heterocycles. The number of hydrogen-bond acceptors (Lipinski definition) is 4. The fourth-order valence-corrected chi connectivity index (χ4v) is 2.67. The lowest BCUT2D eigenvalue weighted by molar-refractivity contribution is 0.0491. The minimum absolute atomic E-state index is 0.196. The van der Waals surface area contributed by atoms with Gasteiger partial charge in [0, 0.05) is 5.39 Å². The smallest absolute Gasteiger partial charge is 0.344 e. The van der Waals surface area contributed by atoms with E-state index in [0.29, 0.717) is 12.4 Å². The van der Waals surface area contributed by atoms with Gasteiger partial charge in [-0.1, -0.05) is 61.9 Å². The summed E-state index contributed by atoms with van der Waals surface area (Å²) in [6, 6.07) is 19.7. The Labute approximate surface area is 152 Å². The predicted octanol–water partition coefficient (Wildman–Crippen LogP) is 5.02. The molecule has 0 aliphatic heterocycles. The Bertz CT molecular complexity index is 925. The van der Waals surface area contributed by atoms with Crippen molar-refractivity contribution in [2.45, 2.75) is 19.8 Å². The molecule has 0 N–H and O–H groups in total. The number of ether oxygens (including phenoxy) is 2. The molecule has 0 unspecified atom stereocenters. The van der Waals surface area contributed by atoms with E-state index in [1.165, 1.54) is 0 Å². The molecule has 0 fully saturated rings. The molecule has 26 heavy (non-hydrogen) atoms. The van der Waals surface area contributed by atoms with Crippen LogP contribution in [0.15, 0.2) is 66.7 Å². The third-order valence-corrected chi connectivity index (χ3v) is 4.05. The zero-order valence-electron chi connectivity index (χ0n) is 14.6. The second-order valence-electron chi connectivity index (χ2n) is 5.90. The van der Waals surface area contributed by atoms with Crippen molar-refractivity contribution in [3.05, 3.63) is 77.9 Å². The second kappa shape index (κ2) is 8.30. The van der Waals surface area contributed by atoms with Crippen LogP contribution in [-0.4, -0.2) is 18.5 Å². The molecule has 3 rings (SSSR count). The van der Waals surface area contributed by atoms with Gasteiger partial charge in [-0.3, -0.25) is 0 Å². The molecule has 3 aromatic rings. The summed E-state index contributed by atoms with van der Waals surface area (Å²) >= 11 is 0. The van der Waals surface area contributed by atoms with E-state index in [1.807, 2.05) is 43.3 Å². The van der Waals surface area contributed by atoms with Crippen LogP contribution < -0.4 is 4.74 Å². The van der Waals surface area contributed by atoms with Gasteiger partial charge in [0.15, 0.2) is 0 Å². The topological polar surface area (TPSA) is 52.6 Å². The van der Waals surface area contributed by atoms with Crippen LogP contribution in [-0.2, 0) is 4.74 Å². The first-order valence-corrected chi connectivity index (χ1v) is 8.67. The Kier molecular flexibility index (Phi) is 5.64. The minimum Gasteiger partial charge on any atom is -0.462 e. The van der Waals surface area contributed by atoms with Crippen molar-refractivity contribution >= 4 is 22.7 Å². The number of fused-ring (bicyclic) bond motifs is 1. The lowest BCUT2D eigenvalue weighted by atomic mass is 10.1. The van der Waals surface area contributed by atoms with E-state index >= 15 is 0 Å². The van der Waals surface area contributed by atoms with Crippen molar-refractivity contribution in [2.24, 2.45) is 0 Å². The number of carbonyl (C=O) groups is 2. The fourth-order valence-electron chi connectivity index (χ4n) is 2.67.